The second-order valence-electron chi connectivity index (χ2n) is 5.81. The molecule has 0 saturated carbocycles. The summed E-state index contributed by atoms with van der Waals surface area (Å²) < 4.78 is 16.0. The van der Waals surface area contributed by atoms with E-state index in [0.29, 0.717) is 18.9 Å². The van der Waals surface area contributed by atoms with E-state index in [9.17, 15) is 4.79 Å². The number of unbranched alkanes of at least 4 members (excludes halogenated alkanes) is 5. The van der Waals surface area contributed by atoms with Gasteiger partial charge in [0, 0.05) is 32.8 Å². The Morgan fingerprint density at radius 3 is 2.43 bits per heavy atom. The average Bonchev–Trinajstić information content (AvgIpc) is 2.50. The predicted molar refractivity (Wildman–Crippen MR) is 83.3 cm³/mol. The quantitative estimate of drug-likeness (QED) is 0.407. The van der Waals surface area contributed by atoms with Crippen LogP contribution in [0.5, 0.6) is 0 Å². The molecule has 0 radical (unpaired) electrons. The Kier molecular flexibility index (Phi) is 11.5. The zero-order chi connectivity index (χ0) is 15.2. The monoisotopic (exact) mass is 300 g/mol. The summed E-state index contributed by atoms with van der Waals surface area (Å²) in [4.78, 5) is 11.1. The van der Waals surface area contributed by atoms with Crippen LogP contribution < -0.4 is 0 Å². The van der Waals surface area contributed by atoms with Crippen molar-refractivity contribution in [3.63, 3.8) is 0 Å². The van der Waals surface area contributed by atoms with Crippen LogP contribution in [0.1, 0.15) is 64.7 Å². The summed E-state index contributed by atoms with van der Waals surface area (Å²) >= 11 is 0. The van der Waals surface area contributed by atoms with Gasteiger partial charge in [-0.1, -0.05) is 25.7 Å². The van der Waals surface area contributed by atoms with E-state index in [1.54, 1.807) is 0 Å². The van der Waals surface area contributed by atoms with Gasteiger partial charge in [0.25, 0.3) is 0 Å². The normalized spacial score (nSPS) is 16.0. The lowest BCUT2D eigenvalue weighted by Crippen LogP contribution is -2.20. The molecule has 1 rings (SSSR count). The standard InChI is InChI=1S/C17H32O4/c1-2-21-17(18)9-7-5-3-4-6-8-12-20-15-16-10-13-19-14-11-16/h16H,2-15H2,1H3. The van der Waals surface area contributed by atoms with Crippen LogP contribution in [0.15, 0.2) is 0 Å². The summed E-state index contributed by atoms with van der Waals surface area (Å²) in [6, 6.07) is 0. The van der Waals surface area contributed by atoms with Crippen molar-refractivity contribution in [1.82, 2.24) is 0 Å². The molecule has 1 fully saturated rings. The molecule has 124 valence electrons. The van der Waals surface area contributed by atoms with Crippen LogP contribution in [-0.2, 0) is 19.0 Å². The van der Waals surface area contributed by atoms with E-state index in [1.807, 2.05) is 6.92 Å². The Labute approximate surface area is 129 Å². The van der Waals surface area contributed by atoms with Gasteiger partial charge in [0.2, 0.25) is 0 Å². The third kappa shape index (κ3) is 10.7. The number of esters is 1. The van der Waals surface area contributed by atoms with Crippen LogP contribution in [0.4, 0.5) is 0 Å². The number of carbonyl (C=O) groups excluding carboxylic acids is 1. The van der Waals surface area contributed by atoms with E-state index >= 15 is 0 Å². The van der Waals surface area contributed by atoms with Crippen molar-refractivity contribution >= 4 is 5.97 Å². The van der Waals surface area contributed by atoms with Crippen molar-refractivity contribution in [1.29, 1.82) is 0 Å². The first-order valence-corrected chi connectivity index (χ1v) is 8.64. The fourth-order valence-corrected chi connectivity index (χ4v) is 2.58. The second kappa shape index (κ2) is 13.1. The molecule has 1 aliphatic heterocycles. The van der Waals surface area contributed by atoms with Crippen molar-refractivity contribution in [2.45, 2.75) is 64.7 Å². The molecular weight excluding hydrogens is 268 g/mol. The lowest BCUT2D eigenvalue weighted by molar-refractivity contribution is -0.143. The second-order valence-corrected chi connectivity index (χ2v) is 5.81. The molecule has 0 amide bonds. The highest BCUT2D eigenvalue weighted by atomic mass is 16.5. The van der Waals surface area contributed by atoms with E-state index in [-0.39, 0.29) is 5.97 Å². The molecule has 0 N–H and O–H groups in total. The van der Waals surface area contributed by atoms with Gasteiger partial charge in [0.05, 0.1) is 6.61 Å². The number of carbonyl (C=O) groups is 1. The molecule has 0 aliphatic carbocycles. The molecule has 0 spiro atoms. The maximum absolute atomic E-state index is 11.1. The molecule has 0 aromatic heterocycles. The number of rotatable bonds is 12. The molecule has 1 heterocycles. The van der Waals surface area contributed by atoms with Gasteiger partial charge in [0.15, 0.2) is 0 Å². The molecule has 4 nitrogen and oxygen atoms in total. The molecular formula is C17H32O4. The topological polar surface area (TPSA) is 44.8 Å². The minimum absolute atomic E-state index is 0.0565. The molecule has 1 aliphatic rings. The van der Waals surface area contributed by atoms with Crippen molar-refractivity contribution in [2.24, 2.45) is 5.92 Å². The van der Waals surface area contributed by atoms with Gasteiger partial charge in [-0.05, 0) is 38.5 Å². The van der Waals surface area contributed by atoms with Crippen LogP contribution >= 0.6 is 0 Å². The lowest BCUT2D eigenvalue weighted by Gasteiger charge is -2.21. The van der Waals surface area contributed by atoms with Gasteiger partial charge in [-0.3, -0.25) is 4.79 Å². The SMILES string of the molecule is CCOC(=O)CCCCCCCCOCC1CCOCC1. The summed E-state index contributed by atoms with van der Waals surface area (Å²) in [5.74, 6) is 0.653. The van der Waals surface area contributed by atoms with E-state index in [1.165, 1.54) is 19.3 Å². The van der Waals surface area contributed by atoms with Crippen molar-refractivity contribution in [2.75, 3.05) is 33.0 Å². The average molecular weight is 300 g/mol. The fourth-order valence-electron chi connectivity index (χ4n) is 2.58. The van der Waals surface area contributed by atoms with Crippen LogP contribution in [0.25, 0.3) is 0 Å². The van der Waals surface area contributed by atoms with E-state index < -0.39 is 0 Å². The van der Waals surface area contributed by atoms with Crippen molar-refractivity contribution < 1.29 is 19.0 Å². The first-order valence-electron chi connectivity index (χ1n) is 8.64. The Bertz CT molecular complexity index is 249. The largest absolute Gasteiger partial charge is 0.466 e. The minimum Gasteiger partial charge on any atom is -0.466 e. The van der Waals surface area contributed by atoms with Gasteiger partial charge in [-0.15, -0.1) is 0 Å². The summed E-state index contributed by atoms with van der Waals surface area (Å²) in [5, 5.41) is 0. The van der Waals surface area contributed by atoms with Gasteiger partial charge in [-0.2, -0.15) is 0 Å². The first kappa shape index (κ1) is 18.4. The van der Waals surface area contributed by atoms with Gasteiger partial charge in [0.1, 0.15) is 0 Å². The molecule has 0 aromatic carbocycles. The zero-order valence-corrected chi connectivity index (χ0v) is 13.6. The molecule has 21 heavy (non-hydrogen) atoms. The molecule has 1 saturated heterocycles. The van der Waals surface area contributed by atoms with Crippen molar-refractivity contribution in [3.05, 3.63) is 0 Å². The summed E-state index contributed by atoms with van der Waals surface area (Å²) in [6.45, 7) is 5.94. The fraction of sp³-hybridized carbons (Fsp3) is 0.941. The van der Waals surface area contributed by atoms with Gasteiger partial charge < -0.3 is 14.2 Å². The molecule has 0 atom stereocenters. The maximum Gasteiger partial charge on any atom is 0.305 e. The van der Waals surface area contributed by atoms with E-state index in [2.05, 4.69) is 0 Å². The van der Waals surface area contributed by atoms with Crippen LogP contribution in [0, 0.1) is 5.92 Å². The first-order chi connectivity index (χ1) is 10.3. The Morgan fingerprint density at radius 1 is 1.05 bits per heavy atom. The van der Waals surface area contributed by atoms with Crippen molar-refractivity contribution in [3.8, 4) is 0 Å². The lowest BCUT2D eigenvalue weighted by atomic mass is 10.0. The predicted octanol–water partition coefficient (Wildman–Crippen LogP) is 3.72. The van der Waals surface area contributed by atoms with Crippen LogP contribution in [-0.4, -0.2) is 39.0 Å². The van der Waals surface area contributed by atoms with Gasteiger partial charge in [-0.25, -0.2) is 0 Å². The molecule has 0 aromatic rings. The molecule has 0 bridgehead atoms. The summed E-state index contributed by atoms with van der Waals surface area (Å²) in [5.41, 5.74) is 0. The Morgan fingerprint density at radius 2 is 1.71 bits per heavy atom. The Hall–Kier alpha value is -0.610. The zero-order valence-electron chi connectivity index (χ0n) is 13.6. The highest BCUT2D eigenvalue weighted by molar-refractivity contribution is 5.69. The third-order valence-corrected chi connectivity index (χ3v) is 3.92. The number of ether oxygens (including phenoxy) is 3. The van der Waals surface area contributed by atoms with Gasteiger partial charge >= 0.3 is 5.97 Å². The summed E-state index contributed by atoms with van der Waals surface area (Å²) in [7, 11) is 0. The van der Waals surface area contributed by atoms with E-state index in [4.69, 9.17) is 14.2 Å². The summed E-state index contributed by atoms with van der Waals surface area (Å²) in [6.07, 6.45) is 9.79. The number of hydrogen-bond acceptors (Lipinski definition) is 4. The highest BCUT2D eigenvalue weighted by Gasteiger charge is 2.13. The van der Waals surface area contributed by atoms with Crippen LogP contribution in [0.3, 0.4) is 0 Å². The Balaban J connectivity index is 1.75. The molecule has 4 heteroatoms. The van der Waals surface area contributed by atoms with Crippen LogP contribution in [0.2, 0.25) is 0 Å². The van der Waals surface area contributed by atoms with E-state index in [0.717, 1.165) is 58.5 Å². The highest BCUT2D eigenvalue weighted by Crippen LogP contribution is 2.15. The number of hydrogen-bond donors (Lipinski definition) is 0. The maximum atomic E-state index is 11.1. The minimum atomic E-state index is -0.0565. The smallest absolute Gasteiger partial charge is 0.305 e. The third-order valence-electron chi connectivity index (χ3n) is 3.92. The molecule has 0 unspecified atom stereocenters.